The van der Waals surface area contributed by atoms with Crippen molar-refractivity contribution >= 4 is 23.4 Å². The largest absolute Gasteiger partial charge is 0.497 e. The summed E-state index contributed by atoms with van der Waals surface area (Å²) in [6.45, 7) is 0.667. The predicted molar refractivity (Wildman–Crippen MR) is 76.6 cm³/mol. The lowest BCUT2D eigenvalue weighted by atomic mass is 10.2. The molecular formula is C13H15ClN4O. The highest BCUT2D eigenvalue weighted by molar-refractivity contribution is 6.32. The van der Waals surface area contributed by atoms with Gasteiger partial charge in [0.2, 0.25) is 5.95 Å². The lowest BCUT2D eigenvalue weighted by Crippen LogP contribution is -2.19. The molecule has 5 nitrogen and oxygen atoms in total. The molecule has 1 aromatic heterocycles. The summed E-state index contributed by atoms with van der Waals surface area (Å²) in [5.41, 5.74) is 6.69. The van der Waals surface area contributed by atoms with Gasteiger partial charge in [0, 0.05) is 13.6 Å². The van der Waals surface area contributed by atoms with Crippen molar-refractivity contribution in [2.24, 2.45) is 0 Å². The van der Waals surface area contributed by atoms with Gasteiger partial charge in [0.1, 0.15) is 10.8 Å². The van der Waals surface area contributed by atoms with Crippen molar-refractivity contribution in [2.45, 2.75) is 6.54 Å². The first-order valence-electron chi connectivity index (χ1n) is 5.72. The minimum Gasteiger partial charge on any atom is -0.497 e. The molecular weight excluding hydrogens is 264 g/mol. The maximum absolute atomic E-state index is 6.06. The second-order valence-corrected chi connectivity index (χ2v) is 4.51. The van der Waals surface area contributed by atoms with Crippen molar-refractivity contribution in [3.05, 3.63) is 41.0 Å². The normalized spacial score (nSPS) is 10.3. The molecule has 100 valence electrons. The number of hydrogen-bond acceptors (Lipinski definition) is 5. The minimum atomic E-state index is 0.209. The molecule has 0 fully saturated rings. The molecule has 0 amide bonds. The maximum atomic E-state index is 6.06. The van der Waals surface area contributed by atoms with Crippen LogP contribution in [0.4, 0.5) is 11.8 Å². The molecule has 0 aliphatic carbocycles. The summed E-state index contributed by atoms with van der Waals surface area (Å²) >= 11 is 6.06. The molecule has 2 N–H and O–H groups in total. The van der Waals surface area contributed by atoms with E-state index in [9.17, 15) is 0 Å². The summed E-state index contributed by atoms with van der Waals surface area (Å²) in [7, 11) is 3.54. The Kier molecular flexibility index (Phi) is 4.06. The van der Waals surface area contributed by atoms with Crippen molar-refractivity contribution in [3.63, 3.8) is 0 Å². The molecule has 0 aliphatic heterocycles. The molecule has 2 aromatic rings. The van der Waals surface area contributed by atoms with Gasteiger partial charge >= 0.3 is 0 Å². The highest BCUT2D eigenvalue weighted by Gasteiger charge is 2.09. The van der Waals surface area contributed by atoms with E-state index >= 15 is 0 Å². The molecule has 19 heavy (non-hydrogen) atoms. The van der Waals surface area contributed by atoms with Crippen LogP contribution in [0.15, 0.2) is 30.5 Å². The van der Waals surface area contributed by atoms with E-state index in [2.05, 4.69) is 9.97 Å². The number of rotatable bonds is 4. The Hall–Kier alpha value is -2.01. The summed E-state index contributed by atoms with van der Waals surface area (Å²) in [5, 5.41) is 0.477. The maximum Gasteiger partial charge on any atom is 0.222 e. The molecule has 0 saturated carbocycles. The minimum absolute atomic E-state index is 0.209. The van der Waals surface area contributed by atoms with E-state index in [0.29, 0.717) is 17.4 Å². The summed E-state index contributed by atoms with van der Waals surface area (Å²) in [6.07, 6.45) is 1.50. The van der Waals surface area contributed by atoms with Crippen molar-refractivity contribution in [1.29, 1.82) is 0 Å². The Morgan fingerprint density at radius 3 is 2.63 bits per heavy atom. The zero-order chi connectivity index (χ0) is 13.8. The average Bonchev–Trinajstić information content (AvgIpc) is 2.42. The lowest BCUT2D eigenvalue weighted by molar-refractivity contribution is 0.414. The third kappa shape index (κ3) is 3.26. The van der Waals surface area contributed by atoms with Gasteiger partial charge in [0.15, 0.2) is 5.82 Å². The molecule has 0 aliphatic rings. The van der Waals surface area contributed by atoms with Gasteiger partial charge in [0.25, 0.3) is 0 Å². The van der Waals surface area contributed by atoms with Gasteiger partial charge in [-0.2, -0.15) is 4.98 Å². The van der Waals surface area contributed by atoms with Crippen molar-refractivity contribution in [3.8, 4) is 5.75 Å². The zero-order valence-corrected chi connectivity index (χ0v) is 11.6. The molecule has 0 bridgehead atoms. The number of ether oxygens (including phenoxy) is 1. The zero-order valence-electron chi connectivity index (χ0n) is 10.8. The van der Waals surface area contributed by atoms with Crippen LogP contribution in [0.2, 0.25) is 5.02 Å². The van der Waals surface area contributed by atoms with Gasteiger partial charge in [-0.15, -0.1) is 0 Å². The number of anilines is 2. The highest BCUT2D eigenvalue weighted by atomic mass is 35.5. The highest BCUT2D eigenvalue weighted by Crippen LogP contribution is 2.23. The molecule has 1 aromatic carbocycles. The molecule has 0 radical (unpaired) electrons. The number of nitrogens with zero attached hydrogens (tertiary/aromatic N) is 3. The second kappa shape index (κ2) is 5.75. The van der Waals surface area contributed by atoms with Crippen LogP contribution in [0.1, 0.15) is 5.56 Å². The second-order valence-electron chi connectivity index (χ2n) is 4.10. The Balaban J connectivity index is 2.15. The first-order valence-corrected chi connectivity index (χ1v) is 6.10. The Morgan fingerprint density at radius 1 is 1.32 bits per heavy atom. The number of methoxy groups -OCH3 is 1. The smallest absolute Gasteiger partial charge is 0.222 e. The molecule has 0 spiro atoms. The number of hydrogen-bond donors (Lipinski definition) is 1. The quantitative estimate of drug-likeness (QED) is 0.930. The lowest BCUT2D eigenvalue weighted by Gasteiger charge is -2.19. The van der Waals surface area contributed by atoms with Gasteiger partial charge < -0.3 is 15.4 Å². The fraction of sp³-hybridized carbons (Fsp3) is 0.231. The number of nitrogen functional groups attached to an aromatic ring is 1. The van der Waals surface area contributed by atoms with Crippen LogP contribution in [-0.4, -0.2) is 24.1 Å². The summed E-state index contributed by atoms with van der Waals surface area (Å²) in [6, 6.07) is 7.82. The standard InChI is InChI=1S/C13H15ClN4O/c1-18(12-11(14)7-16-13(15)17-12)8-9-3-5-10(19-2)6-4-9/h3-7H,8H2,1-2H3,(H2,15,16,17). The van der Waals surface area contributed by atoms with E-state index in [0.717, 1.165) is 11.3 Å². The average molecular weight is 279 g/mol. The van der Waals surface area contributed by atoms with Crippen LogP contribution in [0.25, 0.3) is 0 Å². The summed E-state index contributed by atoms with van der Waals surface area (Å²) < 4.78 is 5.12. The predicted octanol–water partition coefficient (Wildman–Crippen LogP) is 2.36. The van der Waals surface area contributed by atoms with Gasteiger partial charge in [-0.3, -0.25) is 0 Å². The van der Waals surface area contributed by atoms with Crippen molar-refractivity contribution < 1.29 is 4.74 Å². The molecule has 0 atom stereocenters. The van der Waals surface area contributed by atoms with Gasteiger partial charge in [-0.25, -0.2) is 4.98 Å². The van der Waals surface area contributed by atoms with E-state index < -0.39 is 0 Å². The summed E-state index contributed by atoms with van der Waals surface area (Å²) in [4.78, 5) is 9.90. The number of nitrogens with two attached hydrogens (primary N) is 1. The first kappa shape index (κ1) is 13.4. The molecule has 2 rings (SSSR count). The first-order chi connectivity index (χ1) is 9.10. The van der Waals surface area contributed by atoms with E-state index in [1.54, 1.807) is 7.11 Å². The molecule has 1 heterocycles. The summed E-state index contributed by atoms with van der Waals surface area (Å²) in [5.74, 6) is 1.65. The fourth-order valence-electron chi connectivity index (χ4n) is 1.72. The van der Waals surface area contributed by atoms with E-state index in [4.69, 9.17) is 22.1 Å². The third-order valence-corrected chi connectivity index (χ3v) is 2.95. The van der Waals surface area contributed by atoms with Crippen LogP contribution in [-0.2, 0) is 6.54 Å². The van der Waals surface area contributed by atoms with Crippen LogP contribution in [0.5, 0.6) is 5.75 Å². The van der Waals surface area contributed by atoms with Gasteiger partial charge in [-0.1, -0.05) is 23.7 Å². The van der Waals surface area contributed by atoms with Crippen LogP contribution >= 0.6 is 11.6 Å². The van der Waals surface area contributed by atoms with E-state index in [-0.39, 0.29) is 5.95 Å². The van der Waals surface area contributed by atoms with Crippen molar-refractivity contribution in [2.75, 3.05) is 24.8 Å². The van der Waals surface area contributed by atoms with E-state index in [1.807, 2.05) is 36.2 Å². The topological polar surface area (TPSA) is 64.3 Å². The van der Waals surface area contributed by atoms with Gasteiger partial charge in [-0.05, 0) is 17.7 Å². The Bertz CT molecular complexity index is 559. The molecule has 0 unspecified atom stereocenters. The number of aromatic nitrogens is 2. The molecule has 0 saturated heterocycles. The van der Waals surface area contributed by atoms with Crippen LogP contribution in [0, 0.1) is 0 Å². The SMILES string of the molecule is COc1ccc(CN(C)c2nc(N)ncc2Cl)cc1. The Labute approximate surface area is 117 Å². The van der Waals surface area contributed by atoms with Crippen LogP contribution in [0.3, 0.4) is 0 Å². The van der Waals surface area contributed by atoms with Crippen molar-refractivity contribution in [1.82, 2.24) is 9.97 Å². The van der Waals surface area contributed by atoms with E-state index in [1.165, 1.54) is 6.20 Å². The van der Waals surface area contributed by atoms with Gasteiger partial charge in [0.05, 0.1) is 13.3 Å². The monoisotopic (exact) mass is 278 g/mol. The molecule has 6 heteroatoms. The fourth-order valence-corrected chi connectivity index (χ4v) is 1.95. The third-order valence-electron chi connectivity index (χ3n) is 2.68. The number of halogens is 1. The number of benzene rings is 1. The Morgan fingerprint density at radius 2 is 2.00 bits per heavy atom. The van der Waals surface area contributed by atoms with Crippen LogP contribution < -0.4 is 15.4 Å².